The summed E-state index contributed by atoms with van der Waals surface area (Å²) in [6, 6.07) is 23.7. The van der Waals surface area contributed by atoms with Crippen LogP contribution in [0.4, 0.5) is 11.4 Å². The van der Waals surface area contributed by atoms with Gasteiger partial charge in [-0.3, -0.25) is 4.90 Å². The molecular formula is C27H24Cl2N4. The summed E-state index contributed by atoms with van der Waals surface area (Å²) in [6.45, 7) is 12.9. The van der Waals surface area contributed by atoms with Gasteiger partial charge in [-0.1, -0.05) is 66.5 Å². The Bertz CT molecular complexity index is 1190. The summed E-state index contributed by atoms with van der Waals surface area (Å²) >= 11 is 12.8. The van der Waals surface area contributed by atoms with Crippen LogP contribution >= 0.6 is 23.2 Å². The number of anilines is 1. The molecule has 33 heavy (non-hydrogen) atoms. The van der Waals surface area contributed by atoms with E-state index in [1.165, 1.54) is 11.1 Å². The number of nitriles is 1. The van der Waals surface area contributed by atoms with Crippen molar-refractivity contribution in [3.8, 4) is 6.07 Å². The maximum absolute atomic E-state index is 9.21. The van der Waals surface area contributed by atoms with Crippen LogP contribution in [0.3, 0.4) is 0 Å². The van der Waals surface area contributed by atoms with Crippen molar-refractivity contribution >= 4 is 34.6 Å². The van der Waals surface area contributed by atoms with Gasteiger partial charge >= 0.3 is 0 Å². The molecule has 3 aromatic rings. The van der Waals surface area contributed by atoms with Gasteiger partial charge in [0.1, 0.15) is 0 Å². The van der Waals surface area contributed by atoms with Crippen molar-refractivity contribution in [2.45, 2.75) is 18.9 Å². The van der Waals surface area contributed by atoms with E-state index in [9.17, 15) is 5.26 Å². The summed E-state index contributed by atoms with van der Waals surface area (Å²) in [5.41, 5.74) is 4.59. The van der Waals surface area contributed by atoms with Crippen molar-refractivity contribution in [1.82, 2.24) is 4.90 Å². The maximum Gasteiger partial charge on any atom is 0.187 e. The molecule has 1 fully saturated rings. The number of hydrogen-bond acceptors (Lipinski definition) is 3. The van der Waals surface area contributed by atoms with Gasteiger partial charge in [0, 0.05) is 31.2 Å². The second kappa shape index (κ2) is 10.3. The van der Waals surface area contributed by atoms with Gasteiger partial charge in [0.2, 0.25) is 0 Å². The van der Waals surface area contributed by atoms with E-state index in [-0.39, 0.29) is 6.04 Å². The molecule has 4 nitrogen and oxygen atoms in total. The summed E-state index contributed by atoms with van der Waals surface area (Å²) < 4.78 is 0. The van der Waals surface area contributed by atoms with Gasteiger partial charge in [0.05, 0.1) is 35.0 Å². The normalized spacial score (nSPS) is 17.2. The van der Waals surface area contributed by atoms with Gasteiger partial charge < -0.3 is 4.90 Å². The topological polar surface area (TPSA) is 34.6 Å². The molecule has 0 spiro atoms. The molecule has 0 N–H and O–H groups in total. The lowest BCUT2D eigenvalue weighted by atomic mass is 9.97. The SMILES string of the molecule is [C-]#[N+]c1ccc([C@@H](C)CN2CCN(c3ccc(C#N)cc3Cl)[C@H](c3ccc(Cl)cc3)C2)cc1. The molecule has 0 aliphatic carbocycles. The van der Waals surface area contributed by atoms with Gasteiger partial charge in [0.15, 0.2) is 5.69 Å². The van der Waals surface area contributed by atoms with Crippen LogP contribution in [0, 0.1) is 17.9 Å². The molecule has 1 aliphatic rings. The highest BCUT2D eigenvalue weighted by molar-refractivity contribution is 6.33. The first-order valence-electron chi connectivity index (χ1n) is 10.9. The van der Waals surface area contributed by atoms with Crippen LogP contribution in [-0.2, 0) is 0 Å². The minimum atomic E-state index is 0.109. The zero-order valence-electron chi connectivity index (χ0n) is 18.4. The second-order valence-electron chi connectivity index (χ2n) is 8.40. The Kier molecular flexibility index (Phi) is 7.21. The van der Waals surface area contributed by atoms with E-state index < -0.39 is 0 Å². The first kappa shape index (κ1) is 23.1. The fourth-order valence-corrected chi connectivity index (χ4v) is 4.86. The fourth-order valence-electron chi connectivity index (χ4n) is 4.44. The Balaban J connectivity index is 1.57. The summed E-state index contributed by atoms with van der Waals surface area (Å²) in [4.78, 5) is 8.31. The van der Waals surface area contributed by atoms with E-state index in [1.807, 2.05) is 36.4 Å². The van der Waals surface area contributed by atoms with Crippen LogP contribution in [-0.4, -0.2) is 31.1 Å². The van der Waals surface area contributed by atoms with Crippen molar-refractivity contribution in [3.63, 3.8) is 0 Å². The zero-order valence-corrected chi connectivity index (χ0v) is 19.9. The number of piperazine rings is 1. The van der Waals surface area contributed by atoms with E-state index in [2.05, 4.69) is 51.9 Å². The second-order valence-corrected chi connectivity index (χ2v) is 9.25. The van der Waals surface area contributed by atoms with Crippen LogP contribution < -0.4 is 4.90 Å². The van der Waals surface area contributed by atoms with Crippen molar-refractivity contribution in [3.05, 3.63) is 105 Å². The molecule has 0 aromatic heterocycles. The highest BCUT2D eigenvalue weighted by Gasteiger charge is 2.30. The highest BCUT2D eigenvalue weighted by atomic mass is 35.5. The third-order valence-corrected chi connectivity index (χ3v) is 6.78. The van der Waals surface area contributed by atoms with Gasteiger partial charge in [0.25, 0.3) is 0 Å². The van der Waals surface area contributed by atoms with Gasteiger partial charge in [-0.15, -0.1) is 0 Å². The Morgan fingerprint density at radius 2 is 1.79 bits per heavy atom. The molecule has 0 amide bonds. The average Bonchev–Trinajstić information content (AvgIpc) is 2.84. The lowest BCUT2D eigenvalue weighted by Crippen LogP contribution is -2.49. The lowest BCUT2D eigenvalue weighted by Gasteiger charge is -2.44. The largest absolute Gasteiger partial charge is 0.361 e. The summed E-state index contributed by atoms with van der Waals surface area (Å²) in [6.07, 6.45) is 0. The first-order chi connectivity index (χ1) is 16.0. The Morgan fingerprint density at radius 1 is 1.06 bits per heavy atom. The molecule has 0 bridgehead atoms. The Morgan fingerprint density at radius 3 is 2.42 bits per heavy atom. The summed E-state index contributed by atoms with van der Waals surface area (Å²) in [5.74, 6) is 0.348. The van der Waals surface area contributed by atoms with E-state index in [0.717, 1.165) is 31.9 Å². The Hall–Kier alpha value is -3.02. The fraction of sp³-hybridized carbons (Fsp3) is 0.259. The molecule has 4 rings (SSSR count). The molecule has 6 heteroatoms. The first-order valence-corrected chi connectivity index (χ1v) is 11.7. The minimum Gasteiger partial charge on any atom is -0.361 e. The third-order valence-electron chi connectivity index (χ3n) is 6.23. The minimum absolute atomic E-state index is 0.109. The molecule has 1 heterocycles. The number of nitrogens with zero attached hydrogens (tertiary/aromatic N) is 4. The number of benzene rings is 3. The molecule has 0 radical (unpaired) electrons. The molecule has 2 atom stereocenters. The zero-order chi connectivity index (χ0) is 23.4. The van der Waals surface area contributed by atoms with E-state index >= 15 is 0 Å². The van der Waals surface area contributed by atoms with Crippen LogP contribution in [0.1, 0.15) is 35.6 Å². The van der Waals surface area contributed by atoms with Gasteiger partial charge in [-0.2, -0.15) is 5.26 Å². The lowest BCUT2D eigenvalue weighted by molar-refractivity contribution is 0.214. The maximum atomic E-state index is 9.21. The monoisotopic (exact) mass is 474 g/mol. The standard InChI is InChI=1S/C27H24Cl2N4/c1-19(21-6-10-24(31-2)11-7-21)17-32-13-14-33(26-12-3-20(16-30)15-25(26)29)27(18-32)22-4-8-23(28)9-5-22/h3-12,15,19,27H,13-14,17-18H2,1H3/t19-,27-/m0/s1. The molecule has 3 aromatic carbocycles. The number of halogens is 2. The predicted molar refractivity (Wildman–Crippen MR) is 135 cm³/mol. The van der Waals surface area contributed by atoms with E-state index in [4.69, 9.17) is 29.8 Å². The predicted octanol–water partition coefficient (Wildman–Crippen LogP) is 7.08. The van der Waals surface area contributed by atoms with E-state index in [1.54, 1.807) is 6.07 Å². The Labute approximate surface area is 205 Å². The molecule has 0 saturated carbocycles. The highest BCUT2D eigenvalue weighted by Crippen LogP contribution is 2.36. The summed E-state index contributed by atoms with van der Waals surface area (Å²) in [7, 11) is 0. The van der Waals surface area contributed by atoms with Crippen molar-refractivity contribution in [1.29, 1.82) is 5.26 Å². The van der Waals surface area contributed by atoms with Crippen LogP contribution in [0.2, 0.25) is 10.0 Å². The van der Waals surface area contributed by atoms with Crippen LogP contribution in [0.5, 0.6) is 0 Å². The van der Waals surface area contributed by atoms with E-state index in [0.29, 0.717) is 27.2 Å². The smallest absolute Gasteiger partial charge is 0.187 e. The number of rotatable bonds is 5. The van der Waals surface area contributed by atoms with Crippen LogP contribution in [0.15, 0.2) is 66.7 Å². The average molecular weight is 475 g/mol. The molecule has 1 saturated heterocycles. The van der Waals surface area contributed by atoms with Gasteiger partial charge in [-0.05, 0) is 47.4 Å². The molecular weight excluding hydrogens is 451 g/mol. The van der Waals surface area contributed by atoms with Gasteiger partial charge in [-0.25, -0.2) is 4.85 Å². The quantitative estimate of drug-likeness (QED) is 0.370. The number of hydrogen-bond donors (Lipinski definition) is 0. The van der Waals surface area contributed by atoms with Crippen molar-refractivity contribution in [2.24, 2.45) is 0 Å². The molecule has 0 unspecified atom stereocenters. The third kappa shape index (κ3) is 5.32. The molecule has 166 valence electrons. The van der Waals surface area contributed by atoms with Crippen molar-refractivity contribution in [2.75, 3.05) is 31.1 Å². The van der Waals surface area contributed by atoms with Crippen molar-refractivity contribution < 1.29 is 0 Å². The molecule has 1 aliphatic heterocycles. The van der Waals surface area contributed by atoms with Crippen LogP contribution in [0.25, 0.3) is 4.85 Å². The summed E-state index contributed by atoms with van der Waals surface area (Å²) in [5, 5.41) is 10.5.